The van der Waals surface area contributed by atoms with Crippen LogP contribution in [0.1, 0.15) is 48.5 Å². The van der Waals surface area contributed by atoms with Gasteiger partial charge in [-0.2, -0.15) is 0 Å². The molecule has 2 atom stereocenters. The first-order chi connectivity index (χ1) is 10.9. The lowest BCUT2D eigenvalue weighted by Gasteiger charge is -2.19. The third kappa shape index (κ3) is 2.03. The molecule has 3 heterocycles. The molecule has 5 heteroatoms. The zero-order chi connectivity index (χ0) is 16.4. The molecule has 23 heavy (non-hydrogen) atoms. The fraction of sp³-hybridized carbons (Fsp3) is 0.500. The predicted octanol–water partition coefficient (Wildman–Crippen LogP) is 3.33. The van der Waals surface area contributed by atoms with Crippen LogP contribution in [-0.4, -0.2) is 29.0 Å². The van der Waals surface area contributed by atoms with Crippen molar-refractivity contribution in [3.05, 3.63) is 35.0 Å². The van der Waals surface area contributed by atoms with Crippen LogP contribution in [0.4, 0.5) is 0 Å². The van der Waals surface area contributed by atoms with Crippen LogP contribution in [0, 0.1) is 6.92 Å². The smallest absolute Gasteiger partial charge is 0.340 e. The second-order valence-corrected chi connectivity index (χ2v) is 6.65. The Bertz CT molecular complexity index is 805. The van der Waals surface area contributed by atoms with Crippen molar-refractivity contribution in [3.63, 3.8) is 0 Å². The van der Waals surface area contributed by atoms with Gasteiger partial charge in [-0.3, -0.25) is 0 Å². The maximum atomic E-state index is 12.6. The van der Waals surface area contributed by atoms with Crippen molar-refractivity contribution in [1.82, 2.24) is 4.57 Å². The van der Waals surface area contributed by atoms with E-state index in [0.29, 0.717) is 18.7 Å². The summed E-state index contributed by atoms with van der Waals surface area (Å²) in [4.78, 5) is 12.6. The molecule has 0 unspecified atom stereocenters. The molecule has 0 amide bonds. The van der Waals surface area contributed by atoms with Crippen LogP contribution in [0.3, 0.4) is 0 Å². The Balaban J connectivity index is 1.96. The largest absolute Gasteiger partial charge is 0.462 e. The monoisotopic (exact) mass is 315 g/mol. The van der Waals surface area contributed by atoms with E-state index in [2.05, 4.69) is 4.57 Å². The van der Waals surface area contributed by atoms with E-state index in [1.165, 1.54) is 0 Å². The topological polar surface area (TPSA) is 49.7 Å². The van der Waals surface area contributed by atoms with Gasteiger partial charge in [-0.15, -0.1) is 0 Å². The molecule has 2 aliphatic heterocycles. The molecule has 1 aromatic heterocycles. The van der Waals surface area contributed by atoms with E-state index in [1.54, 1.807) is 0 Å². The molecule has 0 radical (unpaired) electrons. The Morgan fingerprint density at radius 3 is 2.91 bits per heavy atom. The standard InChI is InChI=1S/C18H21NO4/c1-5-21-17(20)14-13-10(2)7-6-8-11(13)19-9-12-16(15(14)19)23-18(3,4)22-12/h6-8,12,16H,5,9H2,1-4H3/t12-,16-/m1/s1. The zero-order valence-corrected chi connectivity index (χ0v) is 13.9. The van der Waals surface area contributed by atoms with Crippen molar-refractivity contribution in [1.29, 1.82) is 0 Å². The van der Waals surface area contributed by atoms with E-state index in [0.717, 1.165) is 22.2 Å². The fourth-order valence-electron chi connectivity index (χ4n) is 3.88. The van der Waals surface area contributed by atoms with Crippen molar-refractivity contribution >= 4 is 16.9 Å². The number of esters is 1. The van der Waals surface area contributed by atoms with Crippen molar-refractivity contribution < 1.29 is 19.0 Å². The van der Waals surface area contributed by atoms with Gasteiger partial charge in [0.2, 0.25) is 0 Å². The highest BCUT2D eigenvalue weighted by atomic mass is 16.8. The quantitative estimate of drug-likeness (QED) is 0.798. The van der Waals surface area contributed by atoms with Gasteiger partial charge in [0.25, 0.3) is 0 Å². The molecular weight excluding hydrogens is 294 g/mol. The Hall–Kier alpha value is -1.85. The number of carbonyl (C=O) groups is 1. The van der Waals surface area contributed by atoms with Crippen molar-refractivity contribution in [3.8, 4) is 0 Å². The number of aromatic nitrogens is 1. The molecule has 4 rings (SSSR count). The molecule has 1 aromatic carbocycles. The number of carbonyl (C=O) groups excluding carboxylic acids is 1. The highest BCUT2D eigenvalue weighted by Gasteiger charge is 2.50. The van der Waals surface area contributed by atoms with Gasteiger partial charge in [0.1, 0.15) is 12.2 Å². The van der Waals surface area contributed by atoms with Gasteiger partial charge in [0.05, 0.1) is 24.4 Å². The fourth-order valence-corrected chi connectivity index (χ4v) is 3.88. The summed E-state index contributed by atoms with van der Waals surface area (Å²) in [5.74, 6) is -0.910. The minimum absolute atomic E-state index is 0.0573. The van der Waals surface area contributed by atoms with Crippen molar-refractivity contribution in [2.75, 3.05) is 6.61 Å². The maximum Gasteiger partial charge on any atom is 0.340 e. The molecule has 2 aliphatic rings. The summed E-state index contributed by atoms with van der Waals surface area (Å²) in [6.45, 7) is 8.72. The highest BCUT2D eigenvalue weighted by Crippen LogP contribution is 2.48. The van der Waals surface area contributed by atoms with E-state index in [4.69, 9.17) is 14.2 Å². The number of nitrogens with zero attached hydrogens (tertiary/aromatic N) is 1. The first-order valence-electron chi connectivity index (χ1n) is 8.07. The van der Waals surface area contributed by atoms with Gasteiger partial charge in [-0.05, 0) is 39.3 Å². The number of benzene rings is 1. The van der Waals surface area contributed by atoms with Crippen LogP contribution in [-0.2, 0) is 20.8 Å². The molecule has 0 bridgehead atoms. The average molecular weight is 315 g/mol. The second-order valence-electron chi connectivity index (χ2n) is 6.65. The van der Waals surface area contributed by atoms with Gasteiger partial charge in [-0.25, -0.2) is 4.79 Å². The highest BCUT2D eigenvalue weighted by molar-refractivity contribution is 6.07. The van der Waals surface area contributed by atoms with Crippen LogP contribution in [0.2, 0.25) is 0 Å². The number of hydrogen-bond donors (Lipinski definition) is 0. The summed E-state index contributed by atoms with van der Waals surface area (Å²) in [5, 5.41) is 0.965. The Morgan fingerprint density at radius 1 is 1.39 bits per heavy atom. The van der Waals surface area contributed by atoms with Crippen LogP contribution in [0.25, 0.3) is 10.9 Å². The lowest BCUT2D eigenvalue weighted by Crippen LogP contribution is -2.23. The summed E-state index contributed by atoms with van der Waals surface area (Å²) in [5.41, 5.74) is 3.64. The maximum absolute atomic E-state index is 12.6. The molecule has 0 N–H and O–H groups in total. The first kappa shape index (κ1) is 14.7. The van der Waals surface area contributed by atoms with Gasteiger partial charge >= 0.3 is 5.97 Å². The minimum Gasteiger partial charge on any atom is -0.462 e. The summed E-state index contributed by atoms with van der Waals surface area (Å²) in [6.07, 6.45) is -0.283. The Kier molecular flexibility index (Phi) is 3.09. The molecule has 1 saturated heterocycles. The Labute approximate surface area is 135 Å². The van der Waals surface area contributed by atoms with Gasteiger partial charge < -0.3 is 18.8 Å². The minimum atomic E-state index is -0.627. The normalized spacial score (nSPS) is 24.7. The van der Waals surface area contributed by atoms with Gasteiger partial charge in [0, 0.05) is 10.9 Å². The molecule has 1 fully saturated rings. The van der Waals surface area contributed by atoms with E-state index in [1.807, 2.05) is 45.9 Å². The van der Waals surface area contributed by atoms with Crippen LogP contribution in [0.15, 0.2) is 18.2 Å². The third-order valence-electron chi connectivity index (χ3n) is 4.63. The summed E-state index contributed by atoms with van der Waals surface area (Å²) in [7, 11) is 0. The Morgan fingerprint density at radius 2 is 2.17 bits per heavy atom. The van der Waals surface area contributed by atoms with Crippen LogP contribution in [0.5, 0.6) is 0 Å². The number of ether oxygens (including phenoxy) is 3. The lowest BCUT2D eigenvalue weighted by molar-refractivity contribution is -0.151. The van der Waals surface area contributed by atoms with Crippen LogP contribution >= 0.6 is 0 Å². The van der Waals surface area contributed by atoms with E-state index < -0.39 is 5.79 Å². The second kappa shape index (κ2) is 4.82. The van der Waals surface area contributed by atoms with E-state index >= 15 is 0 Å². The molecule has 5 nitrogen and oxygen atoms in total. The number of fused-ring (bicyclic) bond motifs is 5. The zero-order valence-electron chi connectivity index (χ0n) is 13.9. The molecule has 122 valence electrons. The van der Waals surface area contributed by atoms with Gasteiger partial charge in [-0.1, -0.05) is 12.1 Å². The van der Waals surface area contributed by atoms with E-state index in [9.17, 15) is 4.79 Å². The molecule has 0 aliphatic carbocycles. The average Bonchev–Trinajstić information content (AvgIpc) is 3.05. The predicted molar refractivity (Wildman–Crippen MR) is 85.4 cm³/mol. The summed E-state index contributed by atoms with van der Waals surface area (Å²) >= 11 is 0. The summed E-state index contributed by atoms with van der Waals surface area (Å²) < 4.78 is 19.6. The number of hydrogen-bond acceptors (Lipinski definition) is 4. The first-order valence-corrected chi connectivity index (χ1v) is 8.07. The molecule has 2 aromatic rings. The van der Waals surface area contributed by atoms with Crippen molar-refractivity contribution in [2.24, 2.45) is 0 Å². The molecule has 0 saturated carbocycles. The molecule has 0 spiro atoms. The number of rotatable bonds is 2. The van der Waals surface area contributed by atoms with Crippen molar-refractivity contribution in [2.45, 2.75) is 52.2 Å². The van der Waals surface area contributed by atoms with E-state index in [-0.39, 0.29) is 18.2 Å². The lowest BCUT2D eigenvalue weighted by atomic mass is 10.0. The van der Waals surface area contributed by atoms with Crippen LogP contribution < -0.4 is 0 Å². The third-order valence-corrected chi connectivity index (χ3v) is 4.63. The van der Waals surface area contributed by atoms with Gasteiger partial charge in [0.15, 0.2) is 5.79 Å². The summed E-state index contributed by atoms with van der Waals surface area (Å²) in [6, 6.07) is 6.08. The number of aryl methyl sites for hydroxylation is 1. The SMILES string of the molecule is CCOC(=O)c1c2n(c3cccc(C)c13)C[C@H]1OC(C)(C)O[C@@H]21. The molecular formula is C18H21NO4.